The van der Waals surface area contributed by atoms with Crippen LogP contribution in [0.25, 0.3) is 11.0 Å². The Hall–Kier alpha value is -3.33. The van der Waals surface area contributed by atoms with Gasteiger partial charge in [-0.15, -0.1) is 0 Å². The van der Waals surface area contributed by atoms with E-state index in [4.69, 9.17) is 4.98 Å². The Bertz CT molecular complexity index is 1180. The number of amides is 1. The lowest BCUT2D eigenvalue weighted by Gasteiger charge is -2.27. The van der Waals surface area contributed by atoms with E-state index in [0.717, 1.165) is 28.2 Å². The zero-order valence-corrected chi connectivity index (χ0v) is 18.8. The molecule has 4 rings (SSSR count). The Balaban J connectivity index is 1.77. The third-order valence-corrected chi connectivity index (χ3v) is 5.75. The first-order chi connectivity index (χ1) is 15.0. The highest BCUT2D eigenvalue weighted by molar-refractivity contribution is 7.99. The van der Waals surface area contributed by atoms with Gasteiger partial charge in [-0.1, -0.05) is 19.1 Å². The summed E-state index contributed by atoms with van der Waals surface area (Å²) in [6, 6.07) is 7.88. The lowest BCUT2D eigenvalue weighted by Crippen LogP contribution is -2.40. The minimum absolute atomic E-state index is 0.171. The monoisotopic (exact) mass is 435 g/mol. The molecule has 0 aliphatic carbocycles. The fourth-order valence-electron chi connectivity index (χ4n) is 3.38. The number of carbonyl (C=O) groups is 1. The summed E-state index contributed by atoms with van der Waals surface area (Å²) in [5.74, 6) is 1.16. The standard InChI is InChI=1S/C22H25N7OS/c1-5-11-23-12-14(3)13-29-18-19(28(4)17(6-2)26-20(18)30)27-22(29)31-21-24-15-9-7-8-10-16(15)25-21/h6-12H,5,13H2,1-4H3,(H,24,25)(H,26,30)/b14-12+,17-6?,23-11-. The van der Waals surface area contributed by atoms with Crippen molar-refractivity contribution < 1.29 is 4.79 Å². The molecule has 0 saturated heterocycles. The van der Waals surface area contributed by atoms with Gasteiger partial charge in [0.25, 0.3) is 5.91 Å². The molecule has 0 saturated carbocycles. The number of carbonyl (C=O) groups excluding carboxylic acids is 1. The third-order valence-electron chi connectivity index (χ3n) is 4.87. The Labute approximate surface area is 185 Å². The predicted octanol–water partition coefficient (Wildman–Crippen LogP) is 4.34. The van der Waals surface area contributed by atoms with Gasteiger partial charge in [0.05, 0.1) is 11.0 Å². The van der Waals surface area contributed by atoms with Gasteiger partial charge in [-0.2, -0.15) is 0 Å². The average Bonchev–Trinajstić information content (AvgIpc) is 3.32. The molecule has 2 N–H and O–H groups in total. The molecule has 31 heavy (non-hydrogen) atoms. The smallest absolute Gasteiger partial charge is 0.277 e. The molecule has 1 amide bonds. The zero-order valence-electron chi connectivity index (χ0n) is 18.0. The van der Waals surface area contributed by atoms with Gasteiger partial charge in [0.1, 0.15) is 5.82 Å². The minimum atomic E-state index is -0.171. The van der Waals surface area contributed by atoms with Crippen LogP contribution in [0.1, 0.15) is 37.7 Å². The van der Waals surface area contributed by atoms with Crippen LogP contribution in [0.4, 0.5) is 5.82 Å². The van der Waals surface area contributed by atoms with Gasteiger partial charge >= 0.3 is 0 Å². The van der Waals surface area contributed by atoms with Crippen LogP contribution in [-0.4, -0.2) is 38.7 Å². The number of aliphatic imine (C=N–C) groups is 1. The highest BCUT2D eigenvalue weighted by Gasteiger charge is 2.32. The molecule has 0 unspecified atom stereocenters. The summed E-state index contributed by atoms with van der Waals surface area (Å²) in [5.41, 5.74) is 3.40. The van der Waals surface area contributed by atoms with E-state index in [9.17, 15) is 4.79 Å². The molecule has 0 fully saturated rings. The van der Waals surface area contributed by atoms with Crippen molar-refractivity contribution >= 4 is 40.7 Å². The molecule has 1 aromatic carbocycles. The van der Waals surface area contributed by atoms with Crippen LogP contribution in [0.2, 0.25) is 0 Å². The molecule has 3 aromatic rings. The SMILES string of the molecule is CC=C1NC(=O)c2c(nc(Sc3nc4ccccc4[nH]3)n2C/C(C)=C/N=C\CC)N1C. The van der Waals surface area contributed by atoms with Crippen molar-refractivity contribution in [2.45, 2.75) is 44.0 Å². The number of fused-ring (bicyclic) bond motifs is 2. The number of aromatic nitrogens is 4. The van der Waals surface area contributed by atoms with Crippen LogP contribution in [-0.2, 0) is 6.54 Å². The summed E-state index contributed by atoms with van der Waals surface area (Å²) in [6.07, 6.45) is 6.41. The first-order valence-corrected chi connectivity index (χ1v) is 10.9. The van der Waals surface area contributed by atoms with E-state index in [1.807, 2.05) is 80.0 Å². The Morgan fingerprint density at radius 2 is 2.10 bits per heavy atom. The normalized spacial score (nSPS) is 15.9. The molecular weight excluding hydrogens is 410 g/mol. The van der Waals surface area contributed by atoms with E-state index in [0.29, 0.717) is 29.0 Å². The first kappa shape index (κ1) is 20.9. The van der Waals surface area contributed by atoms with Crippen LogP contribution in [0.3, 0.4) is 0 Å². The molecule has 0 atom stereocenters. The molecule has 8 nitrogen and oxygen atoms in total. The van der Waals surface area contributed by atoms with Gasteiger partial charge in [-0.3, -0.25) is 9.79 Å². The van der Waals surface area contributed by atoms with E-state index in [1.165, 1.54) is 11.8 Å². The van der Waals surface area contributed by atoms with Gasteiger partial charge in [-0.25, -0.2) is 9.97 Å². The highest BCUT2D eigenvalue weighted by Crippen LogP contribution is 2.34. The molecule has 9 heteroatoms. The number of allylic oxidation sites excluding steroid dienone is 2. The largest absolute Gasteiger partial charge is 0.333 e. The lowest BCUT2D eigenvalue weighted by molar-refractivity contribution is 0.0951. The molecule has 2 aromatic heterocycles. The van der Waals surface area contributed by atoms with Crippen molar-refractivity contribution in [3.8, 4) is 0 Å². The molecular formula is C22H25N7OS. The summed E-state index contributed by atoms with van der Waals surface area (Å²) in [7, 11) is 1.90. The maximum absolute atomic E-state index is 12.9. The number of aromatic amines is 1. The van der Waals surface area contributed by atoms with E-state index < -0.39 is 0 Å². The second-order valence-corrected chi connectivity index (χ2v) is 8.17. The van der Waals surface area contributed by atoms with Crippen molar-refractivity contribution in [2.24, 2.45) is 4.99 Å². The third kappa shape index (κ3) is 4.13. The molecule has 1 aliphatic rings. The highest BCUT2D eigenvalue weighted by atomic mass is 32.2. The predicted molar refractivity (Wildman–Crippen MR) is 125 cm³/mol. The Morgan fingerprint density at radius 1 is 1.29 bits per heavy atom. The summed E-state index contributed by atoms with van der Waals surface area (Å²) in [5, 5.41) is 4.36. The number of benzene rings is 1. The van der Waals surface area contributed by atoms with E-state index in [2.05, 4.69) is 20.3 Å². The fraction of sp³-hybridized carbons (Fsp3) is 0.273. The van der Waals surface area contributed by atoms with Gasteiger partial charge in [0.2, 0.25) is 0 Å². The quantitative estimate of drug-likeness (QED) is 0.562. The summed E-state index contributed by atoms with van der Waals surface area (Å²) in [6.45, 7) is 6.42. The fourth-order valence-corrected chi connectivity index (χ4v) is 4.26. The number of anilines is 1. The second kappa shape index (κ2) is 8.81. The maximum atomic E-state index is 12.9. The van der Waals surface area contributed by atoms with Crippen LogP contribution in [0.5, 0.6) is 0 Å². The Kier molecular flexibility index (Phi) is 5.94. The number of hydrogen-bond acceptors (Lipinski definition) is 6. The number of hydrogen-bond donors (Lipinski definition) is 2. The van der Waals surface area contributed by atoms with Gasteiger partial charge < -0.3 is 19.8 Å². The van der Waals surface area contributed by atoms with Crippen molar-refractivity contribution in [1.82, 2.24) is 24.8 Å². The number of nitrogens with zero attached hydrogens (tertiary/aromatic N) is 5. The number of rotatable bonds is 6. The van der Waals surface area contributed by atoms with Gasteiger partial charge in [-0.05, 0) is 55.8 Å². The number of H-pyrrole nitrogens is 1. The second-order valence-electron chi connectivity index (χ2n) is 7.22. The summed E-state index contributed by atoms with van der Waals surface area (Å²) in [4.78, 5) is 32.0. The van der Waals surface area contributed by atoms with E-state index in [1.54, 1.807) is 0 Å². The van der Waals surface area contributed by atoms with Gasteiger partial charge in [0, 0.05) is 26.0 Å². The van der Waals surface area contributed by atoms with Crippen molar-refractivity contribution in [3.05, 3.63) is 53.6 Å². The van der Waals surface area contributed by atoms with Crippen molar-refractivity contribution in [2.75, 3.05) is 11.9 Å². The topological polar surface area (TPSA) is 91.2 Å². The van der Waals surface area contributed by atoms with Crippen LogP contribution < -0.4 is 10.2 Å². The minimum Gasteiger partial charge on any atom is -0.333 e. The summed E-state index contributed by atoms with van der Waals surface area (Å²) >= 11 is 1.41. The molecule has 1 aliphatic heterocycles. The number of para-hydroxylation sites is 2. The van der Waals surface area contributed by atoms with E-state index >= 15 is 0 Å². The number of imidazole rings is 2. The molecule has 3 heterocycles. The first-order valence-electron chi connectivity index (χ1n) is 10.1. The molecule has 0 bridgehead atoms. The average molecular weight is 436 g/mol. The van der Waals surface area contributed by atoms with Gasteiger partial charge in [0.15, 0.2) is 21.8 Å². The van der Waals surface area contributed by atoms with E-state index in [-0.39, 0.29) is 5.91 Å². The van der Waals surface area contributed by atoms with Crippen LogP contribution >= 0.6 is 11.8 Å². The number of nitrogens with one attached hydrogen (secondary N) is 2. The summed E-state index contributed by atoms with van der Waals surface area (Å²) < 4.78 is 1.93. The van der Waals surface area contributed by atoms with Crippen LogP contribution in [0.15, 0.2) is 63.2 Å². The lowest BCUT2D eigenvalue weighted by atomic mass is 10.2. The Morgan fingerprint density at radius 3 is 2.84 bits per heavy atom. The molecule has 160 valence electrons. The van der Waals surface area contributed by atoms with Crippen LogP contribution in [0, 0.1) is 0 Å². The molecule has 0 radical (unpaired) electrons. The van der Waals surface area contributed by atoms with Crippen molar-refractivity contribution in [1.29, 1.82) is 0 Å². The zero-order chi connectivity index (χ0) is 22.0. The van der Waals surface area contributed by atoms with Crippen molar-refractivity contribution in [3.63, 3.8) is 0 Å². The molecule has 0 spiro atoms. The maximum Gasteiger partial charge on any atom is 0.277 e.